The van der Waals surface area contributed by atoms with Gasteiger partial charge in [0.25, 0.3) is 0 Å². The molecule has 1 aromatic carbocycles. The number of esters is 1. The van der Waals surface area contributed by atoms with Crippen molar-refractivity contribution in [3.05, 3.63) is 36.0 Å². The van der Waals surface area contributed by atoms with Crippen molar-refractivity contribution in [3.8, 4) is 5.75 Å². The van der Waals surface area contributed by atoms with Crippen molar-refractivity contribution in [2.45, 2.75) is 20.4 Å². The number of pyridine rings is 1. The van der Waals surface area contributed by atoms with Crippen LogP contribution in [0.15, 0.2) is 30.3 Å². The third-order valence-corrected chi connectivity index (χ3v) is 3.69. The first-order chi connectivity index (χ1) is 10.7. The number of nitrogens with zero attached hydrogens (tertiary/aromatic N) is 2. The van der Waals surface area contributed by atoms with Gasteiger partial charge in [0.1, 0.15) is 16.8 Å². The maximum atomic E-state index is 11.9. The number of ether oxygens (including phenoxy) is 2. The molecule has 0 radical (unpaired) electrons. The molecular formula is C17H18N2O3. The lowest BCUT2D eigenvalue weighted by Gasteiger charge is -2.10. The lowest BCUT2D eigenvalue weighted by Crippen LogP contribution is -2.06. The van der Waals surface area contributed by atoms with Crippen LogP contribution in [0.25, 0.3) is 21.9 Å². The van der Waals surface area contributed by atoms with Gasteiger partial charge in [-0.15, -0.1) is 0 Å². The molecule has 0 aliphatic rings. The van der Waals surface area contributed by atoms with Crippen molar-refractivity contribution in [1.82, 2.24) is 9.55 Å². The van der Waals surface area contributed by atoms with Crippen LogP contribution < -0.4 is 4.74 Å². The van der Waals surface area contributed by atoms with Crippen LogP contribution in [-0.4, -0.2) is 29.2 Å². The van der Waals surface area contributed by atoms with Crippen molar-refractivity contribution in [3.63, 3.8) is 0 Å². The summed E-state index contributed by atoms with van der Waals surface area (Å²) in [7, 11) is 1.35. The highest BCUT2D eigenvalue weighted by Gasteiger charge is 2.19. The quantitative estimate of drug-likeness (QED) is 0.693. The average molecular weight is 298 g/mol. The number of aryl methyl sites for hydroxylation is 1. The number of rotatable bonds is 4. The van der Waals surface area contributed by atoms with Crippen LogP contribution in [0.5, 0.6) is 5.75 Å². The first-order valence-electron chi connectivity index (χ1n) is 7.34. The number of fused-ring (bicyclic) bond motifs is 3. The SMILES string of the molecule is CCOc1cc(C(=O)OC)nc2c3ccccc3n(CC)c12. The fourth-order valence-corrected chi connectivity index (χ4v) is 2.80. The maximum absolute atomic E-state index is 11.9. The fourth-order valence-electron chi connectivity index (χ4n) is 2.80. The number of carbonyl (C=O) groups excluding carboxylic acids is 1. The van der Waals surface area contributed by atoms with E-state index in [9.17, 15) is 4.79 Å². The van der Waals surface area contributed by atoms with Gasteiger partial charge < -0.3 is 14.0 Å². The molecule has 5 heteroatoms. The molecule has 0 aliphatic heterocycles. The molecule has 0 amide bonds. The zero-order chi connectivity index (χ0) is 15.7. The molecule has 0 spiro atoms. The van der Waals surface area contributed by atoms with Crippen molar-refractivity contribution in [2.24, 2.45) is 0 Å². The van der Waals surface area contributed by atoms with Gasteiger partial charge in [-0.3, -0.25) is 0 Å². The molecule has 3 aromatic rings. The van der Waals surface area contributed by atoms with E-state index in [0.29, 0.717) is 12.4 Å². The highest BCUT2D eigenvalue weighted by Crippen LogP contribution is 2.34. The lowest BCUT2D eigenvalue weighted by atomic mass is 10.2. The van der Waals surface area contributed by atoms with Crippen molar-refractivity contribution >= 4 is 27.9 Å². The third kappa shape index (κ3) is 2.09. The number of hydrogen-bond donors (Lipinski definition) is 0. The van der Waals surface area contributed by atoms with Crippen molar-refractivity contribution in [2.75, 3.05) is 13.7 Å². The summed E-state index contributed by atoms with van der Waals surface area (Å²) >= 11 is 0. The maximum Gasteiger partial charge on any atom is 0.356 e. The largest absolute Gasteiger partial charge is 0.492 e. The van der Waals surface area contributed by atoms with Crippen LogP contribution in [0.1, 0.15) is 24.3 Å². The van der Waals surface area contributed by atoms with E-state index in [1.165, 1.54) is 7.11 Å². The van der Waals surface area contributed by atoms with Gasteiger partial charge in [-0.05, 0) is 19.9 Å². The Labute approximate surface area is 128 Å². The Hall–Kier alpha value is -2.56. The topological polar surface area (TPSA) is 53.4 Å². The number of benzene rings is 1. The third-order valence-electron chi connectivity index (χ3n) is 3.69. The van der Waals surface area contributed by atoms with Gasteiger partial charge in [0.15, 0.2) is 5.69 Å². The van der Waals surface area contributed by atoms with Crippen LogP contribution in [0.3, 0.4) is 0 Å². The second kappa shape index (κ2) is 5.67. The predicted molar refractivity (Wildman–Crippen MR) is 85.4 cm³/mol. The van der Waals surface area contributed by atoms with Crippen LogP contribution >= 0.6 is 0 Å². The van der Waals surface area contributed by atoms with E-state index < -0.39 is 5.97 Å². The molecule has 0 saturated carbocycles. The summed E-state index contributed by atoms with van der Waals surface area (Å²) in [6, 6.07) is 9.67. The molecule has 0 fully saturated rings. The monoisotopic (exact) mass is 298 g/mol. The molecule has 0 aliphatic carbocycles. The van der Waals surface area contributed by atoms with Crippen LogP contribution in [0.2, 0.25) is 0 Å². The second-order valence-electron chi connectivity index (χ2n) is 4.89. The summed E-state index contributed by atoms with van der Waals surface area (Å²) < 4.78 is 12.7. The molecule has 0 bridgehead atoms. The standard InChI is InChI=1S/C17H18N2O3/c1-4-19-13-9-7-6-8-11(13)15-16(19)14(22-5-2)10-12(18-15)17(20)21-3/h6-10H,4-5H2,1-3H3. The second-order valence-corrected chi connectivity index (χ2v) is 4.89. The van der Waals surface area contributed by atoms with Crippen LogP contribution in [0, 0.1) is 0 Å². The Morgan fingerprint density at radius 1 is 1.27 bits per heavy atom. The van der Waals surface area contributed by atoms with Gasteiger partial charge >= 0.3 is 5.97 Å². The van der Waals surface area contributed by atoms with E-state index in [1.54, 1.807) is 6.07 Å². The molecule has 0 N–H and O–H groups in total. The smallest absolute Gasteiger partial charge is 0.356 e. The minimum Gasteiger partial charge on any atom is -0.492 e. The average Bonchev–Trinajstić information content (AvgIpc) is 2.88. The van der Waals surface area contributed by atoms with Gasteiger partial charge in [-0.25, -0.2) is 9.78 Å². The molecule has 2 aromatic heterocycles. The Morgan fingerprint density at radius 3 is 2.73 bits per heavy atom. The normalized spacial score (nSPS) is 11.0. The minimum atomic E-state index is -0.462. The number of hydrogen-bond acceptors (Lipinski definition) is 4. The highest BCUT2D eigenvalue weighted by atomic mass is 16.5. The minimum absolute atomic E-state index is 0.262. The molecule has 0 atom stereocenters. The molecule has 3 rings (SSSR count). The molecule has 0 saturated heterocycles. The Morgan fingerprint density at radius 2 is 2.05 bits per heavy atom. The molecule has 114 valence electrons. The Bertz CT molecular complexity index is 852. The fraction of sp³-hybridized carbons (Fsp3) is 0.294. The highest BCUT2D eigenvalue weighted by molar-refractivity contribution is 6.09. The van der Waals surface area contributed by atoms with Gasteiger partial charge in [0.05, 0.1) is 19.2 Å². The first kappa shape index (κ1) is 14.4. The van der Waals surface area contributed by atoms with Crippen LogP contribution in [0.4, 0.5) is 0 Å². The van der Waals surface area contributed by atoms with E-state index in [4.69, 9.17) is 9.47 Å². The molecule has 0 unspecified atom stereocenters. The number of carbonyl (C=O) groups is 1. The summed E-state index contributed by atoms with van der Waals surface area (Å²) in [6.07, 6.45) is 0. The van der Waals surface area contributed by atoms with Crippen molar-refractivity contribution in [1.29, 1.82) is 0 Å². The summed E-state index contributed by atoms with van der Waals surface area (Å²) in [6.45, 7) is 5.31. The summed E-state index contributed by atoms with van der Waals surface area (Å²) in [5.41, 5.74) is 3.02. The van der Waals surface area contributed by atoms with Crippen LogP contribution in [-0.2, 0) is 11.3 Å². The van der Waals surface area contributed by atoms with Crippen molar-refractivity contribution < 1.29 is 14.3 Å². The molecule has 2 heterocycles. The predicted octanol–water partition coefficient (Wildman–Crippen LogP) is 3.39. The number of aromatic nitrogens is 2. The summed E-state index contributed by atoms with van der Waals surface area (Å²) in [5, 5.41) is 1.01. The van der Waals surface area contributed by atoms with Gasteiger partial charge in [0, 0.05) is 18.0 Å². The Kier molecular flexibility index (Phi) is 3.71. The van der Waals surface area contributed by atoms with Gasteiger partial charge in [-0.1, -0.05) is 18.2 Å². The summed E-state index contributed by atoms with van der Waals surface area (Å²) in [5.74, 6) is 0.196. The molecule has 5 nitrogen and oxygen atoms in total. The van der Waals surface area contributed by atoms with E-state index >= 15 is 0 Å². The summed E-state index contributed by atoms with van der Waals surface area (Å²) in [4.78, 5) is 16.4. The van der Waals surface area contributed by atoms with E-state index in [-0.39, 0.29) is 5.69 Å². The lowest BCUT2D eigenvalue weighted by molar-refractivity contribution is 0.0594. The van der Waals surface area contributed by atoms with Gasteiger partial charge in [-0.2, -0.15) is 0 Å². The van der Waals surface area contributed by atoms with E-state index in [1.807, 2.05) is 31.2 Å². The van der Waals surface area contributed by atoms with E-state index in [0.717, 1.165) is 28.5 Å². The first-order valence-corrected chi connectivity index (χ1v) is 7.34. The molecule has 22 heavy (non-hydrogen) atoms. The zero-order valence-electron chi connectivity index (χ0n) is 12.9. The number of para-hydroxylation sites is 1. The Balaban J connectivity index is 2.44. The number of methoxy groups -OCH3 is 1. The molecular weight excluding hydrogens is 280 g/mol. The zero-order valence-corrected chi connectivity index (χ0v) is 12.9. The van der Waals surface area contributed by atoms with Gasteiger partial charge in [0.2, 0.25) is 0 Å². The van der Waals surface area contributed by atoms with E-state index in [2.05, 4.69) is 16.5 Å².